The first-order valence-corrected chi connectivity index (χ1v) is 10.9. The molecule has 3 rings (SSSR count). The maximum atomic E-state index is 12.9. The van der Waals surface area contributed by atoms with Gasteiger partial charge in [-0.3, -0.25) is 4.79 Å². The predicted molar refractivity (Wildman–Crippen MR) is 109 cm³/mol. The molecule has 1 aromatic carbocycles. The quantitative estimate of drug-likeness (QED) is 0.773. The Bertz CT molecular complexity index is 952. The smallest absolute Gasteiger partial charge is 0.261 e. The van der Waals surface area contributed by atoms with Gasteiger partial charge in [-0.1, -0.05) is 0 Å². The van der Waals surface area contributed by atoms with Crippen molar-refractivity contribution in [2.75, 3.05) is 25.0 Å². The molecule has 9 heteroatoms. The van der Waals surface area contributed by atoms with Gasteiger partial charge in [-0.25, -0.2) is 13.4 Å². The normalized spacial score (nSPS) is 20.2. The molecule has 1 aliphatic rings. The van der Waals surface area contributed by atoms with Gasteiger partial charge in [0.05, 0.1) is 23.7 Å². The lowest BCUT2D eigenvalue weighted by Crippen LogP contribution is -2.48. The fraction of sp³-hybridized carbons (Fsp3) is 0.400. The second kappa shape index (κ2) is 8.89. The molecule has 0 spiro atoms. The molecule has 1 N–H and O–H groups in total. The molecule has 1 saturated heterocycles. The molecule has 2 heterocycles. The van der Waals surface area contributed by atoms with E-state index < -0.39 is 10.0 Å². The molecule has 1 amide bonds. The van der Waals surface area contributed by atoms with Gasteiger partial charge in [-0.15, -0.1) is 0 Å². The Morgan fingerprint density at radius 1 is 1.21 bits per heavy atom. The third kappa shape index (κ3) is 4.92. The summed E-state index contributed by atoms with van der Waals surface area (Å²) in [5, 5.41) is 2.74. The second-order valence-electron chi connectivity index (χ2n) is 6.85. The van der Waals surface area contributed by atoms with E-state index in [4.69, 9.17) is 9.47 Å². The molecule has 1 aromatic heterocycles. The van der Waals surface area contributed by atoms with E-state index in [-0.39, 0.29) is 28.9 Å². The molecule has 29 heavy (non-hydrogen) atoms. The molecule has 156 valence electrons. The number of ether oxygens (including phenoxy) is 2. The number of sulfonamides is 1. The van der Waals surface area contributed by atoms with Crippen LogP contribution in [0.25, 0.3) is 0 Å². The molecule has 0 radical (unpaired) electrons. The minimum atomic E-state index is -3.63. The van der Waals surface area contributed by atoms with Crippen molar-refractivity contribution < 1.29 is 22.7 Å². The summed E-state index contributed by atoms with van der Waals surface area (Å²) in [7, 11) is -3.63. The number of carbonyl (C=O) groups is 1. The van der Waals surface area contributed by atoms with Crippen LogP contribution in [0.5, 0.6) is 5.88 Å². The Labute approximate surface area is 170 Å². The Morgan fingerprint density at radius 3 is 2.48 bits per heavy atom. The van der Waals surface area contributed by atoms with Gasteiger partial charge in [-0.2, -0.15) is 4.31 Å². The van der Waals surface area contributed by atoms with Crippen LogP contribution >= 0.6 is 0 Å². The molecule has 2 atom stereocenters. The number of hydrogen-bond acceptors (Lipinski definition) is 6. The number of hydrogen-bond donors (Lipinski definition) is 1. The lowest BCUT2D eigenvalue weighted by molar-refractivity contribution is -0.0440. The van der Waals surface area contributed by atoms with Gasteiger partial charge in [0.25, 0.3) is 5.91 Å². The van der Waals surface area contributed by atoms with Crippen molar-refractivity contribution in [1.29, 1.82) is 0 Å². The summed E-state index contributed by atoms with van der Waals surface area (Å²) in [6, 6.07) is 9.37. The van der Waals surface area contributed by atoms with Gasteiger partial charge in [0.15, 0.2) is 0 Å². The molecular weight excluding hydrogens is 394 g/mol. The zero-order chi connectivity index (χ0) is 21.0. The topological polar surface area (TPSA) is 97.8 Å². The number of nitrogens with one attached hydrogen (secondary N) is 1. The summed E-state index contributed by atoms with van der Waals surface area (Å²) in [6.45, 7) is 6.53. The summed E-state index contributed by atoms with van der Waals surface area (Å²) in [5.74, 6) is -0.129. The first-order valence-electron chi connectivity index (χ1n) is 9.46. The van der Waals surface area contributed by atoms with Gasteiger partial charge in [-0.05, 0) is 57.2 Å². The van der Waals surface area contributed by atoms with Gasteiger partial charge in [0, 0.05) is 25.0 Å². The minimum Gasteiger partial charge on any atom is -0.477 e. The van der Waals surface area contributed by atoms with Gasteiger partial charge in [0.1, 0.15) is 5.56 Å². The summed E-state index contributed by atoms with van der Waals surface area (Å²) in [6.07, 6.45) is 1.23. The molecule has 2 aromatic rings. The third-order valence-electron chi connectivity index (χ3n) is 4.43. The summed E-state index contributed by atoms with van der Waals surface area (Å²) in [4.78, 5) is 16.8. The zero-order valence-corrected chi connectivity index (χ0v) is 17.5. The number of carbonyl (C=O) groups excluding carboxylic acids is 1. The van der Waals surface area contributed by atoms with Crippen molar-refractivity contribution in [3.8, 4) is 5.88 Å². The standard InChI is InChI=1S/C20H25N3O5S/c1-4-27-20-18(6-5-11-21-20)19(24)22-16-7-9-17(10-8-16)29(25,26)23-12-14(2)28-15(3)13-23/h5-11,14-15H,4,12-13H2,1-3H3,(H,22,24)/t14-,15-/m1/s1. The van der Waals surface area contributed by atoms with E-state index in [1.807, 2.05) is 20.8 Å². The second-order valence-corrected chi connectivity index (χ2v) is 8.78. The largest absolute Gasteiger partial charge is 0.477 e. The van der Waals surface area contributed by atoms with Gasteiger partial charge >= 0.3 is 0 Å². The van der Waals surface area contributed by atoms with Crippen molar-refractivity contribution in [2.45, 2.75) is 37.9 Å². The van der Waals surface area contributed by atoms with E-state index in [2.05, 4.69) is 10.3 Å². The highest BCUT2D eigenvalue weighted by molar-refractivity contribution is 7.89. The average molecular weight is 420 g/mol. The molecule has 0 bridgehead atoms. The first-order chi connectivity index (χ1) is 13.8. The monoisotopic (exact) mass is 419 g/mol. The molecule has 0 aliphatic carbocycles. The number of aromatic nitrogens is 1. The van der Waals surface area contributed by atoms with E-state index in [1.54, 1.807) is 30.5 Å². The zero-order valence-electron chi connectivity index (χ0n) is 16.7. The number of morpholine rings is 1. The van der Waals surface area contributed by atoms with Crippen molar-refractivity contribution in [1.82, 2.24) is 9.29 Å². The van der Waals surface area contributed by atoms with Crippen LogP contribution in [0.1, 0.15) is 31.1 Å². The summed E-state index contributed by atoms with van der Waals surface area (Å²) >= 11 is 0. The Kier molecular flexibility index (Phi) is 6.51. The minimum absolute atomic E-state index is 0.161. The van der Waals surface area contributed by atoms with Crippen LogP contribution in [-0.4, -0.2) is 55.5 Å². The van der Waals surface area contributed by atoms with Gasteiger partial charge < -0.3 is 14.8 Å². The highest BCUT2D eigenvalue weighted by Crippen LogP contribution is 2.23. The lowest BCUT2D eigenvalue weighted by atomic mass is 10.2. The van der Waals surface area contributed by atoms with Crippen LogP contribution in [0.3, 0.4) is 0 Å². The van der Waals surface area contributed by atoms with Crippen LogP contribution in [0.2, 0.25) is 0 Å². The van der Waals surface area contributed by atoms with Crippen LogP contribution in [0.15, 0.2) is 47.5 Å². The number of rotatable bonds is 6. The van der Waals surface area contributed by atoms with E-state index in [1.165, 1.54) is 16.4 Å². The first kappa shape index (κ1) is 21.2. The molecule has 0 unspecified atom stereocenters. The van der Waals surface area contributed by atoms with Crippen molar-refractivity contribution in [3.63, 3.8) is 0 Å². The fourth-order valence-electron chi connectivity index (χ4n) is 3.20. The van der Waals surface area contributed by atoms with Crippen LogP contribution < -0.4 is 10.1 Å². The summed E-state index contributed by atoms with van der Waals surface area (Å²) < 4.78 is 38.2. The Morgan fingerprint density at radius 2 is 1.86 bits per heavy atom. The SMILES string of the molecule is CCOc1ncccc1C(=O)Nc1ccc(S(=O)(=O)N2C[C@@H](C)O[C@H](C)C2)cc1. The maximum absolute atomic E-state index is 12.9. The number of amides is 1. The van der Waals surface area contributed by atoms with E-state index in [9.17, 15) is 13.2 Å². The average Bonchev–Trinajstić information content (AvgIpc) is 2.68. The highest BCUT2D eigenvalue weighted by atomic mass is 32.2. The van der Waals surface area contributed by atoms with E-state index in [0.29, 0.717) is 30.9 Å². The molecule has 8 nitrogen and oxygen atoms in total. The Balaban J connectivity index is 1.74. The maximum Gasteiger partial charge on any atom is 0.261 e. The highest BCUT2D eigenvalue weighted by Gasteiger charge is 2.32. The van der Waals surface area contributed by atoms with Crippen LogP contribution in [0, 0.1) is 0 Å². The summed E-state index contributed by atoms with van der Waals surface area (Å²) in [5.41, 5.74) is 0.784. The number of nitrogens with zero attached hydrogens (tertiary/aromatic N) is 2. The molecule has 0 saturated carbocycles. The van der Waals surface area contributed by atoms with Crippen molar-refractivity contribution in [2.24, 2.45) is 0 Å². The number of pyridine rings is 1. The number of benzene rings is 1. The van der Waals surface area contributed by atoms with Gasteiger partial charge in [0.2, 0.25) is 15.9 Å². The fourth-order valence-corrected chi connectivity index (χ4v) is 4.79. The van der Waals surface area contributed by atoms with E-state index in [0.717, 1.165) is 0 Å². The van der Waals surface area contributed by atoms with Crippen LogP contribution in [0.4, 0.5) is 5.69 Å². The predicted octanol–water partition coefficient (Wildman–Crippen LogP) is 2.53. The van der Waals surface area contributed by atoms with Crippen molar-refractivity contribution >= 4 is 21.6 Å². The molecule has 1 aliphatic heterocycles. The Hall–Kier alpha value is -2.49. The number of anilines is 1. The lowest BCUT2D eigenvalue weighted by Gasteiger charge is -2.34. The molecule has 1 fully saturated rings. The van der Waals surface area contributed by atoms with Crippen molar-refractivity contribution in [3.05, 3.63) is 48.2 Å². The third-order valence-corrected chi connectivity index (χ3v) is 6.28. The van der Waals surface area contributed by atoms with Crippen LogP contribution in [-0.2, 0) is 14.8 Å². The van der Waals surface area contributed by atoms with E-state index >= 15 is 0 Å². The molecular formula is C20H25N3O5S.